The Hall–Kier alpha value is -1.46. The van der Waals surface area contributed by atoms with E-state index in [0.717, 1.165) is 11.7 Å². The lowest BCUT2D eigenvalue weighted by atomic mass is 10.1. The highest BCUT2D eigenvalue weighted by molar-refractivity contribution is 7.34. The van der Waals surface area contributed by atoms with Gasteiger partial charge in [0, 0.05) is 12.0 Å². The van der Waals surface area contributed by atoms with Gasteiger partial charge >= 0.3 is 8.46 Å². The van der Waals surface area contributed by atoms with Gasteiger partial charge in [0.25, 0.3) is 0 Å². The van der Waals surface area contributed by atoms with Crippen LogP contribution in [0.2, 0.25) is 0 Å². The summed E-state index contributed by atoms with van der Waals surface area (Å²) in [6, 6.07) is 14.5. The average Bonchev–Trinajstić information content (AvgIpc) is 2.67. The molecule has 15 heavy (non-hydrogen) atoms. The Bertz CT molecular complexity index is 546. The third-order valence-corrected chi connectivity index (χ3v) is 3.65. The highest BCUT2D eigenvalue weighted by Gasteiger charge is 2.23. The summed E-state index contributed by atoms with van der Waals surface area (Å²) in [5.41, 5.74) is 5.14. The molecule has 0 aromatic heterocycles. The third kappa shape index (κ3) is 1.24. The van der Waals surface area contributed by atoms with Gasteiger partial charge in [-0.2, -0.15) is 0 Å². The van der Waals surface area contributed by atoms with E-state index in [2.05, 4.69) is 30.3 Å². The summed E-state index contributed by atoms with van der Waals surface area (Å²) in [4.78, 5) is 0. The van der Waals surface area contributed by atoms with Crippen LogP contribution in [-0.4, -0.2) is 0 Å². The number of fused-ring (bicyclic) bond motifs is 3. The van der Waals surface area contributed by atoms with Gasteiger partial charge in [-0.15, -0.1) is 0 Å². The topological polar surface area (TPSA) is 17.1 Å². The summed E-state index contributed by atoms with van der Waals surface area (Å²) < 4.78 is 11.1. The normalized spacial score (nSPS) is 12.5. The van der Waals surface area contributed by atoms with Crippen LogP contribution in [-0.2, 0) is 11.0 Å². The van der Waals surface area contributed by atoms with Gasteiger partial charge in [-0.1, -0.05) is 41.0 Å². The minimum atomic E-state index is -0.350. The van der Waals surface area contributed by atoms with Crippen molar-refractivity contribution in [2.75, 3.05) is 0 Å². The second-order valence-corrected chi connectivity index (χ2v) is 4.51. The Labute approximate surface area is 90.0 Å². The molecule has 3 rings (SSSR count). The second kappa shape index (κ2) is 3.29. The fraction of sp³-hybridized carbons (Fsp3) is 0.0769. The van der Waals surface area contributed by atoms with Crippen molar-refractivity contribution >= 4 is 13.8 Å². The summed E-state index contributed by atoms with van der Waals surface area (Å²) in [7, 11) is -0.350. The average molecular weight is 213 g/mol. The van der Waals surface area contributed by atoms with Crippen molar-refractivity contribution in [1.82, 2.24) is 0 Å². The first-order chi connectivity index (χ1) is 7.40. The molecule has 0 heterocycles. The van der Waals surface area contributed by atoms with Crippen LogP contribution in [0.4, 0.5) is 0 Å². The van der Waals surface area contributed by atoms with E-state index in [0.29, 0.717) is 0 Å². The molecule has 2 aromatic rings. The lowest BCUT2D eigenvalue weighted by Crippen LogP contribution is -1.99. The van der Waals surface area contributed by atoms with Crippen molar-refractivity contribution < 1.29 is 4.57 Å². The number of rotatable bonds is 1. The predicted molar refractivity (Wildman–Crippen MR) is 63.3 cm³/mol. The molecule has 2 aromatic carbocycles. The number of hydrogen-bond donors (Lipinski definition) is 0. The van der Waals surface area contributed by atoms with Gasteiger partial charge in [0.05, 0.1) is 0 Å². The van der Waals surface area contributed by atoms with Crippen LogP contribution in [0.15, 0.2) is 42.5 Å². The fourth-order valence-electron chi connectivity index (χ4n) is 2.25. The summed E-state index contributed by atoms with van der Waals surface area (Å²) in [6.07, 6.45) is 0.928. The second-order valence-electron chi connectivity index (χ2n) is 3.77. The lowest BCUT2D eigenvalue weighted by Gasteiger charge is -1.98. The van der Waals surface area contributed by atoms with E-state index in [9.17, 15) is 4.57 Å². The van der Waals surface area contributed by atoms with Crippen molar-refractivity contribution in [3.63, 3.8) is 0 Å². The van der Waals surface area contributed by atoms with E-state index < -0.39 is 0 Å². The van der Waals surface area contributed by atoms with Crippen molar-refractivity contribution in [2.45, 2.75) is 6.42 Å². The van der Waals surface area contributed by atoms with Gasteiger partial charge in [0.2, 0.25) is 0 Å². The van der Waals surface area contributed by atoms with E-state index >= 15 is 0 Å². The Kier molecular flexibility index (Phi) is 1.93. The zero-order chi connectivity index (χ0) is 10.3. The molecule has 1 atom stereocenters. The monoisotopic (exact) mass is 213 g/mol. The molecule has 1 nitrogen and oxygen atoms in total. The molecule has 72 valence electrons. The van der Waals surface area contributed by atoms with E-state index in [4.69, 9.17) is 0 Å². The summed E-state index contributed by atoms with van der Waals surface area (Å²) in [5.74, 6) is 0. The molecule has 1 unspecified atom stereocenters. The molecule has 1 aliphatic rings. The van der Waals surface area contributed by atoms with Crippen LogP contribution in [0, 0.1) is 0 Å². The highest BCUT2D eigenvalue weighted by Crippen LogP contribution is 2.35. The summed E-state index contributed by atoms with van der Waals surface area (Å²) >= 11 is 0. The zero-order valence-electron chi connectivity index (χ0n) is 8.16. The molecule has 0 spiro atoms. The number of benzene rings is 2. The van der Waals surface area contributed by atoms with Crippen LogP contribution in [0.5, 0.6) is 0 Å². The first-order valence-corrected chi connectivity index (χ1v) is 5.89. The first kappa shape index (κ1) is 8.82. The molecule has 0 radical (unpaired) electrons. The molecule has 0 aliphatic heterocycles. The third-order valence-electron chi connectivity index (χ3n) is 2.96. The van der Waals surface area contributed by atoms with Gasteiger partial charge < -0.3 is 0 Å². The van der Waals surface area contributed by atoms with Crippen LogP contribution < -0.4 is 5.30 Å². The van der Waals surface area contributed by atoms with Crippen LogP contribution in [0.25, 0.3) is 11.1 Å². The molecule has 0 fully saturated rings. The predicted octanol–water partition coefficient (Wildman–Crippen LogP) is 2.91. The van der Waals surface area contributed by atoms with Gasteiger partial charge in [0.1, 0.15) is 0 Å². The van der Waals surface area contributed by atoms with E-state index in [1.807, 2.05) is 12.1 Å². The van der Waals surface area contributed by atoms with Gasteiger partial charge in [0.15, 0.2) is 5.30 Å². The Balaban J connectivity index is 2.30. The van der Waals surface area contributed by atoms with Crippen molar-refractivity contribution in [2.24, 2.45) is 0 Å². The van der Waals surface area contributed by atoms with E-state index in [-0.39, 0.29) is 8.46 Å². The quantitative estimate of drug-likeness (QED) is 0.568. The van der Waals surface area contributed by atoms with Crippen LogP contribution in [0.1, 0.15) is 11.1 Å². The molecule has 1 aliphatic carbocycles. The molecule has 0 amide bonds. The fourth-order valence-corrected chi connectivity index (χ4v) is 2.76. The summed E-state index contributed by atoms with van der Waals surface area (Å²) in [5, 5.41) is 0.976. The zero-order valence-corrected chi connectivity index (χ0v) is 9.16. The maximum atomic E-state index is 11.1. The molecule has 0 N–H and O–H groups in total. The minimum absolute atomic E-state index is 0.350. The molecule has 0 bridgehead atoms. The van der Waals surface area contributed by atoms with Gasteiger partial charge in [-0.25, -0.2) is 0 Å². The van der Waals surface area contributed by atoms with Crippen molar-refractivity contribution in [3.05, 3.63) is 53.6 Å². The Morgan fingerprint density at radius 2 is 1.73 bits per heavy atom. The Morgan fingerprint density at radius 3 is 2.60 bits per heavy atom. The van der Waals surface area contributed by atoms with Crippen molar-refractivity contribution in [3.8, 4) is 11.1 Å². The van der Waals surface area contributed by atoms with Crippen LogP contribution >= 0.6 is 8.46 Å². The number of hydrogen-bond acceptors (Lipinski definition) is 1. The smallest absolute Gasteiger partial charge is 0.0707 e. The summed E-state index contributed by atoms with van der Waals surface area (Å²) in [6.45, 7) is 0. The lowest BCUT2D eigenvalue weighted by molar-refractivity contribution is 0.603. The SMILES string of the molecule is O=[PH+]c1cccc2c1Cc1ccccc1-2. The van der Waals surface area contributed by atoms with Gasteiger partial charge in [-0.3, -0.25) is 0 Å². The maximum absolute atomic E-state index is 11.1. The largest absolute Gasteiger partial charge is 0.363 e. The van der Waals surface area contributed by atoms with Crippen LogP contribution in [0.3, 0.4) is 0 Å². The molecule has 2 heteroatoms. The van der Waals surface area contributed by atoms with E-state index in [1.54, 1.807) is 0 Å². The first-order valence-electron chi connectivity index (χ1n) is 4.98. The molecular formula is C13H10OP+. The molecule has 0 saturated carbocycles. The molecular weight excluding hydrogens is 203 g/mol. The van der Waals surface area contributed by atoms with Crippen molar-refractivity contribution in [1.29, 1.82) is 0 Å². The highest BCUT2D eigenvalue weighted by atomic mass is 31.1. The molecule has 0 saturated heterocycles. The maximum Gasteiger partial charge on any atom is 0.363 e. The van der Waals surface area contributed by atoms with E-state index in [1.165, 1.54) is 22.3 Å². The Morgan fingerprint density at radius 1 is 0.933 bits per heavy atom. The van der Waals surface area contributed by atoms with Gasteiger partial charge in [-0.05, 0) is 22.8 Å². The standard InChI is InChI=1S/C13H9OP/c14-15-13-7-3-6-11-10-5-2-1-4-9(10)8-12(11)13/h1-7H,8H2/p+1. The minimum Gasteiger partial charge on any atom is -0.0707 e.